The van der Waals surface area contributed by atoms with Gasteiger partial charge < -0.3 is 25.2 Å². The van der Waals surface area contributed by atoms with Crippen molar-refractivity contribution < 1.29 is 25.2 Å². The fourth-order valence-electron chi connectivity index (χ4n) is 0.666. The van der Waals surface area contributed by atoms with Crippen molar-refractivity contribution in [2.24, 2.45) is 0 Å². The molecule has 0 aliphatic rings. The Morgan fingerprint density at radius 3 is 2.07 bits per heavy atom. The highest BCUT2D eigenvalue weighted by Crippen LogP contribution is 2.28. The van der Waals surface area contributed by atoms with Gasteiger partial charge in [-0.15, -0.1) is 0 Å². The normalized spacial score (nSPS) is 8.79. The standard InChI is InChI=1S/C7H8O3.C2H6O2/c1-10-7-4-5(8)2-3-6(7)9;3-1-2-4/h2-4,8-9H,1H3;3-4H,1-2H2. The number of aliphatic hydroxyl groups is 2. The van der Waals surface area contributed by atoms with Crippen LogP contribution in [0.5, 0.6) is 17.2 Å². The second kappa shape index (κ2) is 6.99. The average Bonchev–Trinajstić information content (AvgIpc) is 2.22. The zero-order valence-electron chi connectivity index (χ0n) is 7.84. The Labute approximate surface area is 81.8 Å². The molecule has 5 heteroatoms. The number of hydrogen-bond acceptors (Lipinski definition) is 5. The summed E-state index contributed by atoms with van der Waals surface area (Å²) in [5, 5.41) is 33.1. The first-order valence-electron chi connectivity index (χ1n) is 3.93. The molecule has 5 nitrogen and oxygen atoms in total. The molecule has 80 valence electrons. The van der Waals surface area contributed by atoms with Crippen LogP contribution in [0.3, 0.4) is 0 Å². The number of hydrogen-bond donors (Lipinski definition) is 4. The Balaban J connectivity index is 0.000000364. The molecule has 1 rings (SSSR count). The number of rotatable bonds is 2. The lowest BCUT2D eigenvalue weighted by Crippen LogP contribution is -1.85. The minimum Gasteiger partial charge on any atom is -0.508 e. The van der Waals surface area contributed by atoms with E-state index in [-0.39, 0.29) is 30.5 Å². The average molecular weight is 202 g/mol. The minimum atomic E-state index is -0.125. The smallest absolute Gasteiger partial charge is 0.164 e. The molecule has 0 saturated heterocycles. The van der Waals surface area contributed by atoms with Gasteiger partial charge in [-0.05, 0) is 12.1 Å². The molecule has 0 heterocycles. The summed E-state index contributed by atoms with van der Waals surface area (Å²) in [6.45, 7) is -0.250. The van der Waals surface area contributed by atoms with E-state index in [4.69, 9.17) is 25.2 Å². The summed E-state index contributed by atoms with van der Waals surface area (Å²) in [6, 6.07) is 4.10. The van der Waals surface area contributed by atoms with Gasteiger partial charge in [0.2, 0.25) is 0 Å². The molecule has 1 aromatic rings. The van der Waals surface area contributed by atoms with Crippen molar-refractivity contribution >= 4 is 0 Å². The van der Waals surface area contributed by atoms with Crippen LogP contribution in [0.25, 0.3) is 0 Å². The van der Waals surface area contributed by atoms with Crippen molar-refractivity contribution in [3.63, 3.8) is 0 Å². The molecule has 0 unspecified atom stereocenters. The number of benzene rings is 1. The molecule has 0 aliphatic carbocycles. The van der Waals surface area contributed by atoms with Crippen LogP contribution in [-0.2, 0) is 0 Å². The summed E-state index contributed by atoms with van der Waals surface area (Å²) in [5.41, 5.74) is 0. The van der Waals surface area contributed by atoms with E-state index < -0.39 is 0 Å². The van der Waals surface area contributed by atoms with Crippen molar-refractivity contribution in [2.45, 2.75) is 0 Å². The van der Waals surface area contributed by atoms with Gasteiger partial charge in [-0.3, -0.25) is 0 Å². The summed E-state index contributed by atoms with van der Waals surface area (Å²) in [6.07, 6.45) is 0. The molecule has 0 saturated carbocycles. The van der Waals surface area contributed by atoms with Gasteiger partial charge in [0.05, 0.1) is 20.3 Å². The van der Waals surface area contributed by atoms with E-state index >= 15 is 0 Å². The predicted octanol–water partition coefficient (Wildman–Crippen LogP) is 0.0774. The molecular weight excluding hydrogens is 188 g/mol. The monoisotopic (exact) mass is 202 g/mol. The summed E-state index contributed by atoms with van der Waals surface area (Å²) < 4.78 is 4.72. The lowest BCUT2D eigenvalue weighted by Gasteiger charge is -2.01. The SMILES string of the molecule is COc1cc(O)ccc1O.OCCO. The van der Waals surface area contributed by atoms with E-state index in [1.807, 2.05) is 0 Å². The molecule has 0 aromatic heterocycles. The molecule has 0 aliphatic heterocycles. The topological polar surface area (TPSA) is 90.2 Å². The maximum atomic E-state index is 9.00. The van der Waals surface area contributed by atoms with Crippen LogP contribution >= 0.6 is 0 Å². The number of aliphatic hydroxyl groups excluding tert-OH is 2. The zero-order valence-corrected chi connectivity index (χ0v) is 7.84. The maximum absolute atomic E-state index is 9.00. The fourth-order valence-corrected chi connectivity index (χ4v) is 0.666. The molecule has 0 spiro atoms. The fraction of sp³-hybridized carbons (Fsp3) is 0.333. The third kappa shape index (κ3) is 4.54. The maximum Gasteiger partial charge on any atom is 0.164 e. The first-order valence-corrected chi connectivity index (χ1v) is 3.93. The molecule has 0 atom stereocenters. The molecule has 0 radical (unpaired) electrons. The van der Waals surface area contributed by atoms with E-state index in [1.165, 1.54) is 25.3 Å². The van der Waals surface area contributed by atoms with E-state index in [1.54, 1.807) is 0 Å². The Morgan fingerprint density at radius 2 is 1.71 bits per heavy atom. The Morgan fingerprint density at radius 1 is 1.14 bits per heavy atom. The van der Waals surface area contributed by atoms with E-state index in [0.29, 0.717) is 0 Å². The lowest BCUT2D eigenvalue weighted by atomic mass is 10.3. The first-order chi connectivity index (χ1) is 6.65. The zero-order chi connectivity index (χ0) is 11.0. The number of ether oxygens (including phenoxy) is 1. The lowest BCUT2D eigenvalue weighted by molar-refractivity contribution is 0.186. The van der Waals surface area contributed by atoms with E-state index in [0.717, 1.165) is 0 Å². The van der Waals surface area contributed by atoms with E-state index in [9.17, 15) is 0 Å². The van der Waals surface area contributed by atoms with Crippen molar-refractivity contribution in [1.29, 1.82) is 0 Å². The van der Waals surface area contributed by atoms with Gasteiger partial charge in [-0.1, -0.05) is 0 Å². The molecule has 4 N–H and O–H groups in total. The van der Waals surface area contributed by atoms with E-state index in [2.05, 4.69) is 0 Å². The van der Waals surface area contributed by atoms with Crippen molar-refractivity contribution in [3.05, 3.63) is 18.2 Å². The quantitative estimate of drug-likeness (QED) is 0.510. The molecule has 1 aromatic carbocycles. The highest BCUT2D eigenvalue weighted by molar-refractivity contribution is 5.43. The van der Waals surface area contributed by atoms with Gasteiger partial charge in [0.1, 0.15) is 5.75 Å². The third-order valence-electron chi connectivity index (χ3n) is 1.26. The van der Waals surface area contributed by atoms with Crippen LogP contribution in [0, 0.1) is 0 Å². The number of aromatic hydroxyl groups is 2. The van der Waals surface area contributed by atoms with Crippen LogP contribution in [0.1, 0.15) is 0 Å². The van der Waals surface area contributed by atoms with Crippen LogP contribution in [-0.4, -0.2) is 40.7 Å². The second-order valence-electron chi connectivity index (χ2n) is 2.30. The summed E-state index contributed by atoms with van der Waals surface area (Å²) >= 11 is 0. The van der Waals surface area contributed by atoms with Gasteiger partial charge in [0.25, 0.3) is 0 Å². The van der Waals surface area contributed by atoms with Gasteiger partial charge in [-0.25, -0.2) is 0 Å². The van der Waals surface area contributed by atoms with Gasteiger partial charge in [0.15, 0.2) is 11.5 Å². The van der Waals surface area contributed by atoms with Crippen molar-refractivity contribution in [2.75, 3.05) is 20.3 Å². The van der Waals surface area contributed by atoms with Crippen LogP contribution in [0.2, 0.25) is 0 Å². The minimum absolute atomic E-state index is 0.0281. The highest BCUT2D eigenvalue weighted by atomic mass is 16.5. The largest absolute Gasteiger partial charge is 0.508 e. The number of phenols is 2. The predicted molar refractivity (Wildman–Crippen MR) is 50.5 cm³/mol. The number of phenolic OH excluding ortho intramolecular Hbond substituents is 2. The van der Waals surface area contributed by atoms with Crippen molar-refractivity contribution in [1.82, 2.24) is 0 Å². The number of methoxy groups -OCH3 is 1. The Bertz CT molecular complexity index is 259. The molecule has 0 amide bonds. The first kappa shape index (κ1) is 12.5. The second-order valence-corrected chi connectivity index (χ2v) is 2.30. The summed E-state index contributed by atoms with van der Waals surface area (Å²) in [4.78, 5) is 0. The third-order valence-corrected chi connectivity index (χ3v) is 1.26. The summed E-state index contributed by atoms with van der Waals surface area (Å²) in [7, 11) is 1.43. The Kier molecular flexibility index (Phi) is 6.26. The van der Waals surface area contributed by atoms with Crippen LogP contribution in [0.15, 0.2) is 18.2 Å². The van der Waals surface area contributed by atoms with Crippen molar-refractivity contribution in [3.8, 4) is 17.2 Å². The van der Waals surface area contributed by atoms with Gasteiger partial charge in [-0.2, -0.15) is 0 Å². The molecule has 0 fully saturated rings. The van der Waals surface area contributed by atoms with Gasteiger partial charge >= 0.3 is 0 Å². The molecule has 0 bridgehead atoms. The highest BCUT2D eigenvalue weighted by Gasteiger charge is 1.99. The van der Waals surface area contributed by atoms with Crippen LogP contribution in [0.4, 0.5) is 0 Å². The molecular formula is C9H14O5. The van der Waals surface area contributed by atoms with Gasteiger partial charge in [0, 0.05) is 6.07 Å². The summed E-state index contributed by atoms with van der Waals surface area (Å²) in [5.74, 6) is 0.384. The molecule has 14 heavy (non-hydrogen) atoms. The Hall–Kier alpha value is -1.46. The van der Waals surface area contributed by atoms with Crippen LogP contribution < -0.4 is 4.74 Å².